The lowest BCUT2D eigenvalue weighted by Gasteiger charge is -2.33. The van der Waals surface area contributed by atoms with E-state index >= 15 is 0 Å². The molecule has 2 aromatic rings. The fraction of sp³-hybridized carbons (Fsp3) is 0.310. The predicted octanol–water partition coefficient (Wildman–Crippen LogP) is 4.57. The number of alkyl halides is 4. The van der Waals surface area contributed by atoms with Crippen molar-refractivity contribution in [1.29, 1.82) is 0 Å². The van der Waals surface area contributed by atoms with Crippen LogP contribution in [0.15, 0.2) is 65.0 Å². The number of amides is 2. The molecule has 9 nitrogen and oxygen atoms in total. The minimum Gasteiger partial charge on any atom is -0.466 e. The van der Waals surface area contributed by atoms with Crippen molar-refractivity contribution in [3.8, 4) is 0 Å². The lowest BCUT2D eigenvalue weighted by molar-refractivity contribution is -0.141. The van der Waals surface area contributed by atoms with Crippen molar-refractivity contribution in [2.75, 3.05) is 40.1 Å². The molecule has 2 aliphatic rings. The topological polar surface area (TPSA) is 111 Å². The Balaban J connectivity index is 1.73. The molecule has 228 valence electrons. The quantitative estimate of drug-likeness (QED) is 0.177. The first-order valence-electron chi connectivity index (χ1n) is 12.9. The molecule has 2 aliphatic heterocycles. The Hall–Kier alpha value is -4.23. The average molecular weight is 625 g/mol. The van der Waals surface area contributed by atoms with Crippen LogP contribution >= 0.6 is 11.6 Å². The van der Waals surface area contributed by atoms with Crippen LogP contribution < -0.4 is 5.32 Å². The summed E-state index contributed by atoms with van der Waals surface area (Å²) in [5.74, 6) is -5.17. The number of hydrogen-bond donors (Lipinski definition) is 1. The number of allylic oxidation sites excluding steroid dienone is 1. The number of benzene rings is 2. The van der Waals surface area contributed by atoms with Gasteiger partial charge in [0, 0.05) is 0 Å². The molecule has 0 fully saturated rings. The van der Waals surface area contributed by atoms with E-state index in [1.807, 2.05) is 0 Å². The molecule has 0 saturated carbocycles. The second-order valence-electron chi connectivity index (χ2n) is 9.25. The zero-order valence-corrected chi connectivity index (χ0v) is 23.6. The highest BCUT2D eigenvalue weighted by Gasteiger charge is 2.45. The summed E-state index contributed by atoms with van der Waals surface area (Å²) < 4.78 is 72.7. The highest BCUT2D eigenvalue weighted by atomic mass is 35.5. The number of dihydropyridines is 1. The van der Waals surface area contributed by atoms with E-state index < -0.39 is 82.1 Å². The maximum Gasteiger partial charge on any atom is 0.418 e. The van der Waals surface area contributed by atoms with E-state index in [2.05, 4.69) is 5.32 Å². The zero-order valence-electron chi connectivity index (χ0n) is 22.8. The van der Waals surface area contributed by atoms with Gasteiger partial charge in [-0.2, -0.15) is 13.2 Å². The van der Waals surface area contributed by atoms with E-state index in [9.17, 15) is 36.7 Å². The van der Waals surface area contributed by atoms with Crippen LogP contribution in [0.5, 0.6) is 0 Å². The molecule has 1 atom stereocenters. The molecule has 43 heavy (non-hydrogen) atoms. The molecule has 14 heteroatoms. The number of imide groups is 1. The van der Waals surface area contributed by atoms with Crippen molar-refractivity contribution >= 4 is 35.4 Å². The Labute approximate surface area is 248 Å². The molecule has 0 aromatic heterocycles. The minimum atomic E-state index is -5.03. The smallest absolute Gasteiger partial charge is 0.418 e. The van der Waals surface area contributed by atoms with Crippen molar-refractivity contribution in [3.05, 3.63) is 92.3 Å². The third-order valence-corrected chi connectivity index (χ3v) is 7.10. The first kappa shape index (κ1) is 31.7. The molecule has 2 amide bonds. The van der Waals surface area contributed by atoms with Gasteiger partial charge in [-0.05, 0) is 30.7 Å². The van der Waals surface area contributed by atoms with E-state index in [4.69, 9.17) is 25.8 Å². The molecule has 0 radical (unpaired) electrons. The van der Waals surface area contributed by atoms with Crippen molar-refractivity contribution < 1.29 is 51.0 Å². The lowest BCUT2D eigenvalue weighted by atomic mass is 9.78. The molecule has 0 spiro atoms. The number of halogens is 5. The Morgan fingerprint density at radius 3 is 2.16 bits per heavy atom. The molecule has 0 aliphatic carbocycles. The summed E-state index contributed by atoms with van der Waals surface area (Å²) in [7, 11) is 0.955. The van der Waals surface area contributed by atoms with Gasteiger partial charge in [-0.1, -0.05) is 35.9 Å². The van der Waals surface area contributed by atoms with Gasteiger partial charge in [-0.15, -0.1) is 0 Å². The monoisotopic (exact) mass is 624 g/mol. The third kappa shape index (κ3) is 6.13. The number of carbonyl (C=O) groups excluding carboxylic acids is 4. The summed E-state index contributed by atoms with van der Waals surface area (Å²) in [6.07, 6.45) is -5.03. The normalized spacial score (nSPS) is 16.8. The third-order valence-electron chi connectivity index (χ3n) is 6.79. The number of carbonyl (C=O) groups is 4. The van der Waals surface area contributed by atoms with E-state index in [0.29, 0.717) is 0 Å². The Morgan fingerprint density at radius 2 is 1.60 bits per heavy atom. The van der Waals surface area contributed by atoms with Crippen molar-refractivity contribution in [3.63, 3.8) is 0 Å². The predicted molar refractivity (Wildman–Crippen MR) is 144 cm³/mol. The zero-order chi connectivity index (χ0) is 31.5. The Morgan fingerprint density at radius 1 is 0.977 bits per heavy atom. The molecule has 2 aromatic carbocycles. The van der Waals surface area contributed by atoms with Crippen LogP contribution in [0, 0.1) is 0 Å². The Bertz CT molecular complexity index is 1500. The first-order valence-corrected chi connectivity index (χ1v) is 13.3. The number of fused-ring (bicyclic) bond motifs is 1. The van der Waals surface area contributed by atoms with Crippen LogP contribution in [0.25, 0.3) is 0 Å². The van der Waals surface area contributed by atoms with E-state index in [0.717, 1.165) is 24.1 Å². The summed E-state index contributed by atoms with van der Waals surface area (Å²) in [6.45, 7) is -1.03. The molecular weight excluding hydrogens is 600 g/mol. The van der Waals surface area contributed by atoms with Crippen molar-refractivity contribution in [2.45, 2.75) is 19.0 Å². The largest absolute Gasteiger partial charge is 0.466 e. The van der Waals surface area contributed by atoms with Crippen LogP contribution in [0.1, 0.15) is 44.7 Å². The summed E-state index contributed by atoms with van der Waals surface area (Å²) >= 11 is 5.95. The standard InChI is InChI=1S/C29H25ClF4N2O7/c1-3-43-28(40)23-20(14-42-12-11-36-25(37)15-7-4-5-8-16(15)26(36)38)35-19(13-31)22(27(39)41-2)21(23)17-9-6-10-18(30)24(17)29(32,33)34/h4-10,21,35H,3,11-14H2,1-2H3. The van der Waals surface area contributed by atoms with Gasteiger partial charge in [0.25, 0.3) is 11.8 Å². The van der Waals surface area contributed by atoms with Crippen molar-refractivity contribution in [2.24, 2.45) is 0 Å². The molecule has 0 saturated heterocycles. The fourth-order valence-corrected chi connectivity index (χ4v) is 5.28. The van der Waals surface area contributed by atoms with E-state index in [-0.39, 0.29) is 36.6 Å². The van der Waals surface area contributed by atoms with Crippen LogP contribution in [0.3, 0.4) is 0 Å². The van der Waals surface area contributed by atoms with Gasteiger partial charge in [0.15, 0.2) is 0 Å². The maximum absolute atomic E-state index is 14.3. The van der Waals surface area contributed by atoms with Gasteiger partial charge < -0.3 is 19.5 Å². The van der Waals surface area contributed by atoms with Gasteiger partial charge >= 0.3 is 18.1 Å². The highest BCUT2D eigenvalue weighted by Crippen LogP contribution is 2.46. The number of nitrogens with zero attached hydrogens (tertiary/aromatic N) is 1. The number of esters is 2. The molecule has 4 rings (SSSR count). The number of methoxy groups -OCH3 is 1. The molecule has 1 unspecified atom stereocenters. The molecule has 0 bridgehead atoms. The van der Waals surface area contributed by atoms with Crippen molar-refractivity contribution in [1.82, 2.24) is 10.2 Å². The summed E-state index contributed by atoms with van der Waals surface area (Å²) in [4.78, 5) is 52.4. The van der Waals surface area contributed by atoms with Gasteiger partial charge in [0.05, 0.1) is 83.6 Å². The highest BCUT2D eigenvalue weighted by molar-refractivity contribution is 6.31. The van der Waals surface area contributed by atoms with Gasteiger partial charge in [-0.3, -0.25) is 14.5 Å². The van der Waals surface area contributed by atoms with E-state index in [1.54, 1.807) is 12.1 Å². The number of nitrogens with one attached hydrogen (secondary N) is 1. The fourth-order valence-electron chi connectivity index (χ4n) is 4.99. The summed E-state index contributed by atoms with van der Waals surface area (Å²) in [5, 5.41) is 1.87. The maximum atomic E-state index is 14.3. The number of ether oxygens (including phenoxy) is 3. The number of rotatable bonds is 10. The molecule has 2 heterocycles. The SMILES string of the molecule is CCOC(=O)C1=C(COCCN2C(=O)c3ccccc3C2=O)NC(CF)=C(C(=O)OC)C1c1cccc(Cl)c1C(F)(F)F. The van der Waals surface area contributed by atoms with Gasteiger partial charge in [-0.25, -0.2) is 14.0 Å². The summed E-state index contributed by atoms with van der Waals surface area (Å²) in [6, 6.07) is 9.44. The Kier molecular flexibility index (Phi) is 9.55. The molecular formula is C29H25ClF4N2O7. The number of hydrogen-bond acceptors (Lipinski definition) is 8. The second-order valence-corrected chi connectivity index (χ2v) is 9.66. The lowest BCUT2D eigenvalue weighted by Crippen LogP contribution is -2.37. The average Bonchev–Trinajstić information content (AvgIpc) is 3.22. The molecule has 1 N–H and O–H groups in total. The van der Waals surface area contributed by atoms with Crippen LogP contribution in [0.4, 0.5) is 17.6 Å². The summed E-state index contributed by atoms with van der Waals surface area (Å²) in [5.41, 5.74) is -3.20. The van der Waals surface area contributed by atoms with Crippen LogP contribution in [0.2, 0.25) is 5.02 Å². The van der Waals surface area contributed by atoms with Crippen LogP contribution in [-0.4, -0.2) is 68.8 Å². The first-order chi connectivity index (χ1) is 20.5. The minimum absolute atomic E-state index is 0.183. The van der Waals surface area contributed by atoms with E-state index in [1.165, 1.54) is 25.1 Å². The second kappa shape index (κ2) is 13.0. The van der Waals surface area contributed by atoms with Crippen LogP contribution in [-0.2, 0) is 30.0 Å². The van der Waals surface area contributed by atoms with Gasteiger partial charge in [0.2, 0.25) is 0 Å². The van der Waals surface area contributed by atoms with Gasteiger partial charge in [0.1, 0.15) is 6.67 Å².